The first-order chi connectivity index (χ1) is 9.65. The standard InChI is InChI=1S/C15H18N4O/c1-12-14-4-3-7-18(14)8-9-19(12)15(20)6-5-13-10-16-17(2)11-13/h3-7,10-12H,8-9H2,1-2H3/b6-5+/t12-/m1/s1. The fourth-order valence-electron chi connectivity index (χ4n) is 2.67. The molecule has 104 valence electrons. The van der Waals surface area contributed by atoms with Crippen LogP contribution >= 0.6 is 0 Å². The number of carbonyl (C=O) groups excluding carboxylic acids is 1. The summed E-state index contributed by atoms with van der Waals surface area (Å²) < 4.78 is 3.93. The molecular formula is C15H18N4O. The van der Waals surface area contributed by atoms with Gasteiger partial charge >= 0.3 is 0 Å². The van der Waals surface area contributed by atoms with E-state index in [1.165, 1.54) is 5.69 Å². The number of amides is 1. The van der Waals surface area contributed by atoms with Gasteiger partial charge in [-0.2, -0.15) is 5.10 Å². The molecule has 0 N–H and O–H groups in total. The normalized spacial score (nSPS) is 18.5. The topological polar surface area (TPSA) is 43.1 Å². The number of aryl methyl sites for hydroxylation is 1. The highest BCUT2D eigenvalue weighted by atomic mass is 16.2. The summed E-state index contributed by atoms with van der Waals surface area (Å²) in [5, 5.41) is 4.08. The summed E-state index contributed by atoms with van der Waals surface area (Å²) in [4.78, 5) is 14.2. The lowest BCUT2D eigenvalue weighted by molar-refractivity contribution is -0.129. The van der Waals surface area contributed by atoms with Gasteiger partial charge in [-0.1, -0.05) is 0 Å². The molecule has 0 bridgehead atoms. The molecule has 5 nitrogen and oxygen atoms in total. The number of hydrogen-bond donors (Lipinski definition) is 0. The highest BCUT2D eigenvalue weighted by Gasteiger charge is 2.25. The number of nitrogens with zero attached hydrogens (tertiary/aromatic N) is 4. The molecule has 5 heteroatoms. The first kappa shape index (κ1) is 12.7. The zero-order chi connectivity index (χ0) is 14.1. The molecule has 0 saturated heterocycles. The Morgan fingerprint density at radius 3 is 3.05 bits per heavy atom. The molecule has 1 amide bonds. The smallest absolute Gasteiger partial charge is 0.247 e. The van der Waals surface area contributed by atoms with E-state index in [4.69, 9.17) is 0 Å². The molecule has 1 aliphatic rings. The van der Waals surface area contributed by atoms with Crippen LogP contribution in [0.3, 0.4) is 0 Å². The summed E-state index contributed by atoms with van der Waals surface area (Å²) in [5.74, 6) is 0.0498. The lowest BCUT2D eigenvalue weighted by Gasteiger charge is -2.34. The number of aromatic nitrogens is 3. The zero-order valence-corrected chi connectivity index (χ0v) is 11.7. The van der Waals surface area contributed by atoms with Crippen LogP contribution in [0.4, 0.5) is 0 Å². The van der Waals surface area contributed by atoms with Crippen LogP contribution < -0.4 is 0 Å². The maximum atomic E-state index is 12.3. The van der Waals surface area contributed by atoms with E-state index in [-0.39, 0.29) is 11.9 Å². The monoisotopic (exact) mass is 270 g/mol. The van der Waals surface area contributed by atoms with E-state index in [0.29, 0.717) is 0 Å². The van der Waals surface area contributed by atoms with Gasteiger partial charge in [-0.05, 0) is 25.1 Å². The predicted molar refractivity (Wildman–Crippen MR) is 76.8 cm³/mol. The Hall–Kier alpha value is -2.30. The van der Waals surface area contributed by atoms with Gasteiger partial charge in [0, 0.05) is 49.9 Å². The molecule has 0 spiro atoms. The summed E-state index contributed by atoms with van der Waals surface area (Å²) in [6.45, 7) is 3.68. The first-order valence-corrected chi connectivity index (χ1v) is 6.77. The van der Waals surface area contributed by atoms with Gasteiger partial charge in [0.2, 0.25) is 5.91 Å². The molecule has 0 aromatic carbocycles. The maximum Gasteiger partial charge on any atom is 0.247 e. The second-order valence-corrected chi connectivity index (χ2v) is 5.11. The van der Waals surface area contributed by atoms with E-state index >= 15 is 0 Å². The van der Waals surface area contributed by atoms with Crippen LogP contribution in [0.2, 0.25) is 0 Å². The molecule has 0 saturated carbocycles. The summed E-state index contributed by atoms with van der Waals surface area (Å²) >= 11 is 0. The maximum absolute atomic E-state index is 12.3. The average molecular weight is 270 g/mol. The van der Waals surface area contributed by atoms with Crippen molar-refractivity contribution in [3.05, 3.63) is 48.1 Å². The van der Waals surface area contributed by atoms with Crippen molar-refractivity contribution >= 4 is 12.0 Å². The molecule has 2 aromatic heterocycles. The fraction of sp³-hybridized carbons (Fsp3) is 0.333. The van der Waals surface area contributed by atoms with Crippen LogP contribution in [0.5, 0.6) is 0 Å². The van der Waals surface area contributed by atoms with E-state index in [1.807, 2.05) is 30.3 Å². The SMILES string of the molecule is C[C@@H]1c2cccn2CCN1C(=O)/C=C/c1cnn(C)c1. The number of rotatable bonds is 2. The summed E-state index contributed by atoms with van der Waals surface area (Å²) in [5.41, 5.74) is 2.13. The Bertz CT molecular complexity index is 652. The van der Waals surface area contributed by atoms with Crippen molar-refractivity contribution in [1.29, 1.82) is 0 Å². The third-order valence-electron chi connectivity index (χ3n) is 3.77. The van der Waals surface area contributed by atoms with Crippen molar-refractivity contribution in [3.8, 4) is 0 Å². The van der Waals surface area contributed by atoms with Gasteiger partial charge < -0.3 is 9.47 Å². The highest BCUT2D eigenvalue weighted by molar-refractivity contribution is 5.92. The van der Waals surface area contributed by atoms with Crippen LogP contribution in [-0.2, 0) is 18.4 Å². The van der Waals surface area contributed by atoms with Crippen molar-refractivity contribution in [2.24, 2.45) is 7.05 Å². The molecule has 2 aromatic rings. The molecule has 3 rings (SSSR count). The van der Waals surface area contributed by atoms with Gasteiger partial charge in [0.25, 0.3) is 0 Å². The number of hydrogen-bond acceptors (Lipinski definition) is 2. The molecule has 0 fully saturated rings. The van der Waals surface area contributed by atoms with Gasteiger partial charge in [-0.25, -0.2) is 0 Å². The van der Waals surface area contributed by atoms with E-state index < -0.39 is 0 Å². The van der Waals surface area contributed by atoms with Crippen molar-refractivity contribution < 1.29 is 4.79 Å². The summed E-state index contributed by atoms with van der Waals surface area (Å²) in [6, 6.07) is 4.23. The lowest BCUT2D eigenvalue weighted by Crippen LogP contribution is -2.39. The van der Waals surface area contributed by atoms with Crippen LogP contribution in [-0.4, -0.2) is 31.7 Å². The molecule has 1 aliphatic heterocycles. The Morgan fingerprint density at radius 2 is 2.30 bits per heavy atom. The minimum atomic E-state index is 0.0498. The van der Waals surface area contributed by atoms with Crippen molar-refractivity contribution in [2.75, 3.05) is 6.54 Å². The zero-order valence-electron chi connectivity index (χ0n) is 11.7. The quantitative estimate of drug-likeness (QED) is 0.781. The Morgan fingerprint density at radius 1 is 1.45 bits per heavy atom. The Balaban J connectivity index is 1.74. The van der Waals surface area contributed by atoms with Crippen LogP contribution in [0.15, 0.2) is 36.8 Å². The van der Waals surface area contributed by atoms with E-state index in [0.717, 1.165) is 18.7 Å². The van der Waals surface area contributed by atoms with Gasteiger partial charge in [0.05, 0.1) is 12.2 Å². The van der Waals surface area contributed by atoms with Gasteiger partial charge in [0.1, 0.15) is 0 Å². The van der Waals surface area contributed by atoms with Crippen LogP contribution in [0, 0.1) is 0 Å². The number of carbonyl (C=O) groups is 1. The largest absolute Gasteiger partial charge is 0.348 e. The highest BCUT2D eigenvalue weighted by Crippen LogP contribution is 2.25. The second-order valence-electron chi connectivity index (χ2n) is 5.11. The minimum absolute atomic E-state index is 0.0498. The van der Waals surface area contributed by atoms with E-state index in [2.05, 4.69) is 28.9 Å². The van der Waals surface area contributed by atoms with Gasteiger partial charge in [-0.3, -0.25) is 9.48 Å². The first-order valence-electron chi connectivity index (χ1n) is 6.77. The molecule has 0 unspecified atom stereocenters. The predicted octanol–water partition coefficient (Wildman–Crippen LogP) is 1.84. The molecular weight excluding hydrogens is 252 g/mol. The Kier molecular flexibility index (Phi) is 3.18. The second kappa shape index (κ2) is 5.00. The third kappa shape index (κ3) is 2.27. The van der Waals surface area contributed by atoms with Gasteiger partial charge in [0.15, 0.2) is 0 Å². The van der Waals surface area contributed by atoms with E-state index in [9.17, 15) is 4.79 Å². The fourth-order valence-corrected chi connectivity index (χ4v) is 2.67. The molecule has 20 heavy (non-hydrogen) atoms. The van der Waals surface area contributed by atoms with Crippen molar-refractivity contribution in [1.82, 2.24) is 19.2 Å². The Labute approximate surface area is 118 Å². The number of fused-ring (bicyclic) bond motifs is 1. The molecule has 3 heterocycles. The van der Waals surface area contributed by atoms with E-state index in [1.54, 1.807) is 17.0 Å². The van der Waals surface area contributed by atoms with Crippen LogP contribution in [0.25, 0.3) is 6.08 Å². The molecule has 1 atom stereocenters. The molecule has 0 radical (unpaired) electrons. The third-order valence-corrected chi connectivity index (χ3v) is 3.77. The summed E-state index contributed by atoms with van der Waals surface area (Å²) in [6.07, 6.45) is 9.14. The van der Waals surface area contributed by atoms with Crippen LogP contribution in [0.1, 0.15) is 24.2 Å². The summed E-state index contributed by atoms with van der Waals surface area (Å²) in [7, 11) is 1.86. The van der Waals surface area contributed by atoms with Crippen molar-refractivity contribution in [2.45, 2.75) is 19.5 Å². The average Bonchev–Trinajstić information content (AvgIpc) is 3.05. The van der Waals surface area contributed by atoms with Gasteiger partial charge in [-0.15, -0.1) is 0 Å². The van der Waals surface area contributed by atoms with Crippen molar-refractivity contribution in [3.63, 3.8) is 0 Å². The minimum Gasteiger partial charge on any atom is -0.348 e. The lowest BCUT2D eigenvalue weighted by atomic mass is 10.1. The molecule has 0 aliphatic carbocycles.